The van der Waals surface area contributed by atoms with E-state index < -0.39 is 23.9 Å². The molecular weight excluding hydrogens is 336 g/mol. The van der Waals surface area contributed by atoms with E-state index in [0.717, 1.165) is 19.4 Å². The molecule has 1 aliphatic heterocycles. The Bertz CT molecular complexity index is 427. The molecule has 146 valence electrons. The zero-order valence-electron chi connectivity index (χ0n) is 13.9. The Morgan fingerprint density at radius 3 is 2.12 bits per heavy atom. The summed E-state index contributed by atoms with van der Waals surface area (Å²) in [4.78, 5) is 29.6. The number of nitrogens with two attached hydrogens (primary N) is 3. The van der Waals surface area contributed by atoms with Gasteiger partial charge < -0.3 is 43.2 Å². The summed E-state index contributed by atoms with van der Waals surface area (Å²) in [6.07, 6.45) is 2.76. The lowest BCUT2D eigenvalue weighted by Crippen LogP contribution is -2.34. The fourth-order valence-corrected chi connectivity index (χ4v) is 1.56. The van der Waals surface area contributed by atoms with Gasteiger partial charge in [-0.05, 0) is 32.2 Å². The molecule has 1 aliphatic rings. The van der Waals surface area contributed by atoms with Crippen molar-refractivity contribution in [3.05, 3.63) is 0 Å². The lowest BCUT2D eigenvalue weighted by molar-refractivity contribution is -0.139. The SMILES string of the molecule is N=C(N)NCCCC(N)C(=O)O.NCC(=O)O.O=C(O)[C@@H]1CCCN1. The number of carbonyl (C=O) groups is 3. The van der Waals surface area contributed by atoms with Gasteiger partial charge >= 0.3 is 17.9 Å². The summed E-state index contributed by atoms with van der Waals surface area (Å²) in [5, 5.41) is 36.5. The Labute approximate surface area is 145 Å². The van der Waals surface area contributed by atoms with Crippen LogP contribution in [0.15, 0.2) is 0 Å². The van der Waals surface area contributed by atoms with Gasteiger partial charge in [0, 0.05) is 6.54 Å². The van der Waals surface area contributed by atoms with Gasteiger partial charge in [0.25, 0.3) is 0 Å². The van der Waals surface area contributed by atoms with E-state index in [9.17, 15) is 14.4 Å². The Kier molecular flexibility index (Phi) is 15.0. The van der Waals surface area contributed by atoms with Crippen LogP contribution in [-0.4, -0.2) is 70.9 Å². The largest absolute Gasteiger partial charge is 0.480 e. The molecule has 0 spiro atoms. The van der Waals surface area contributed by atoms with Gasteiger partial charge in [-0.25, -0.2) is 0 Å². The van der Waals surface area contributed by atoms with Crippen LogP contribution < -0.4 is 27.8 Å². The molecule has 1 saturated heterocycles. The Morgan fingerprint density at radius 1 is 1.28 bits per heavy atom. The lowest BCUT2D eigenvalue weighted by Gasteiger charge is -2.06. The minimum Gasteiger partial charge on any atom is -0.480 e. The molecule has 1 rings (SSSR count). The highest BCUT2D eigenvalue weighted by Gasteiger charge is 2.20. The smallest absolute Gasteiger partial charge is 0.320 e. The van der Waals surface area contributed by atoms with Gasteiger partial charge in [-0.3, -0.25) is 19.8 Å². The summed E-state index contributed by atoms with van der Waals surface area (Å²) in [6.45, 7) is 1.06. The minimum atomic E-state index is -1.00. The van der Waals surface area contributed by atoms with E-state index in [1.165, 1.54) is 0 Å². The van der Waals surface area contributed by atoms with Gasteiger partial charge in [0.2, 0.25) is 0 Å². The predicted octanol–water partition coefficient (Wildman–Crippen LogP) is -2.49. The maximum Gasteiger partial charge on any atom is 0.320 e. The molecule has 1 fully saturated rings. The Balaban J connectivity index is 0. The number of aliphatic carboxylic acids is 3. The lowest BCUT2D eigenvalue weighted by atomic mass is 10.2. The number of guanidine groups is 1. The van der Waals surface area contributed by atoms with Gasteiger partial charge in [0.05, 0.1) is 6.54 Å². The molecule has 2 atom stereocenters. The molecule has 0 aromatic heterocycles. The van der Waals surface area contributed by atoms with Crippen molar-refractivity contribution < 1.29 is 29.7 Å². The highest BCUT2D eigenvalue weighted by molar-refractivity contribution is 5.74. The van der Waals surface area contributed by atoms with Gasteiger partial charge in [0.1, 0.15) is 12.1 Å². The van der Waals surface area contributed by atoms with Crippen LogP contribution in [0.1, 0.15) is 25.7 Å². The average Bonchev–Trinajstić information content (AvgIpc) is 3.07. The molecule has 0 aromatic rings. The molecule has 0 aliphatic carbocycles. The van der Waals surface area contributed by atoms with E-state index in [-0.39, 0.29) is 18.5 Å². The van der Waals surface area contributed by atoms with Crippen molar-refractivity contribution in [2.75, 3.05) is 19.6 Å². The van der Waals surface area contributed by atoms with Crippen molar-refractivity contribution in [3.8, 4) is 0 Å². The first-order valence-corrected chi connectivity index (χ1v) is 7.56. The zero-order chi connectivity index (χ0) is 19.8. The van der Waals surface area contributed by atoms with Crippen LogP contribution in [0.4, 0.5) is 0 Å². The quantitative estimate of drug-likeness (QED) is 0.130. The molecule has 12 nitrogen and oxygen atoms in total. The first-order chi connectivity index (χ1) is 11.6. The van der Waals surface area contributed by atoms with E-state index >= 15 is 0 Å². The third-order valence-corrected chi connectivity index (χ3v) is 2.86. The summed E-state index contributed by atoms with van der Waals surface area (Å²) in [5.41, 5.74) is 14.8. The second-order valence-corrected chi connectivity index (χ2v) is 5.01. The van der Waals surface area contributed by atoms with Crippen molar-refractivity contribution in [1.29, 1.82) is 5.41 Å². The van der Waals surface area contributed by atoms with Crippen molar-refractivity contribution >= 4 is 23.9 Å². The zero-order valence-corrected chi connectivity index (χ0v) is 13.9. The second-order valence-electron chi connectivity index (χ2n) is 5.01. The fourth-order valence-electron chi connectivity index (χ4n) is 1.56. The van der Waals surface area contributed by atoms with E-state index in [4.69, 9.17) is 32.2 Å². The molecule has 12 N–H and O–H groups in total. The number of hydrogen-bond donors (Lipinski definition) is 9. The van der Waals surface area contributed by atoms with Crippen LogP contribution >= 0.6 is 0 Å². The Hall–Kier alpha value is -2.44. The molecule has 0 radical (unpaired) electrons. The fraction of sp³-hybridized carbons (Fsp3) is 0.692. The predicted molar refractivity (Wildman–Crippen MR) is 90.1 cm³/mol. The number of carboxylic acid groups (broad SMARTS) is 3. The van der Waals surface area contributed by atoms with Crippen molar-refractivity contribution in [2.45, 2.75) is 37.8 Å². The summed E-state index contributed by atoms with van der Waals surface area (Å²) in [6, 6.07) is -1.09. The summed E-state index contributed by atoms with van der Waals surface area (Å²) < 4.78 is 0. The highest BCUT2D eigenvalue weighted by Crippen LogP contribution is 2.03. The van der Waals surface area contributed by atoms with E-state index in [1.54, 1.807) is 0 Å². The molecule has 1 unspecified atom stereocenters. The van der Waals surface area contributed by atoms with E-state index in [2.05, 4.69) is 16.4 Å². The van der Waals surface area contributed by atoms with Crippen molar-refractivity contribution in [2.24, 2.45) is 17.2 Å². The summed E-state index contributed by atoms with van der Waals surface area (Å²) in [7, 11) is 0. The number of nitrogens with one attached hydrogen (secondary N) is 3. The second kappa shape index (κ2) is 15.1. The molecule has 12 heteroatoms. The normalized spacial score (nSPS) is 16.3. The summed E-state index contributed by atoms with van der Waals surface area (Å²) >= 11 is 0. The van der Waals surface area contributed by atoms with Crippen molar-refractivity contribution in [1.82, 2.24) is 10.6 Å². The standard InChI is InChI=1S/C6H14N4O2.C5H9NO2.C2H5NO2/c7-4(5(11)12)2-1-3-10-6(8)9;7-5(8)4-2-1-3-6-4;3-1-2(4)5/h4H,1-3,7H2,(H,11,12)(H4,8,9,10);4,6H,1-3H2,(H,7,8);1,3H2,(H,4,5)/t;4-;/m.0./s1. The Morgan fingerprint density at radius 2 is 1.84 bits per heavy atom. The molecule has 0 bridgehead atoms. The van der Waals surface area contributed by atoms with Crippen LogP contribution in [0, 0.1) is 5.41 Å². The van der Waals surface area contributed by atoms with E-state index in [0.29, 0.717) is 19.4 Å². The highest BCUT2D eigenvalue weighted by atomic mass is 16.4. The van der Waals surface area contributed by atoms with Crippen LogP contribution in [0.5, 0.6) is 0 Å². The first kappa shape index (κ1) is 24.8. The van der Waals surface area contributed by atoms with Crippen LogP contribution in [0.3, 0.4) is 0 Å². The molecule has 0 amide bonds. The third kappa shape index (κ3) is 17.7. The van der Waals surface area contributed by atoms with Gasteiger partial charge in [0.15, 0.2) is 5.96 Å². The summed E-state index contributed by atoms with van der Waals surface area (Å²) in [5.74, 6) is -2.80. The topological polar surface area (TPSA) is 238 Å². The van der Waals surface area contributed by atoms with Gasteiger partial charge in [-0.15, -0.1) is 0 Å². The maximum atomic E-state index is 10.2. The van der Waals surface area contributed by atoms with Gasteiger partial charge in [-0.1, -0.05) is 0 Å². The molecule has 1 heterocycles. The number of hydrogen-bond acceptors (Lipinski definition) is 7. The van der Waals surface area contributed by atoms with Crippen LogP contribution in [-0.2, 0) is 14.4 Å². The monoisotopic (exact) mass is 364 g/mol. The first-order valence-electron chi connectivity index (χ1n) is 7.56. The molecule has 0 saturated carbocycles. The molecule has 25 heavy (non-hydrogen) atoms. The van der Waals surface area contributed by atoms with Crippen LogP contribution in [0.2, 0.25) is 0 Å². The van der Waals surface area contributed by atoms with E-state index in [1.807, 2.05) is 0 Å². The molecular formula is C13H28N6O6. The number of carboxylic acids is 3. The average molecular weight is 364 g/mol. The minimum absolute atomic E-state index is 0.112. The van der Waals surface area contributed by atoms with Crippen LogP contribution in [0.25, 0.3) is 0 Å². The molecule has 0 aromatic carbocycles. The number of rotatable bonds is 7. The van der Waals surface area contributed by atoms with Gasteiger partial charge in [-0.2, -0.15) is 0 Å². The third-order valence-electron chi connectivity index (χ3n) is 2.86. The maximum absolute atomic E-state index is 10.2. The van der Waals surface area contributed by atoms with Crippen molar-refractivity contribution in [3.63, 3.8) is 0 Å².